The molecule has 8 nitrogen and oxygen atoms in total. The number of carbonyl (C=O) groups is 1. The first-order valence-corrected chi connectivity index (χ1v) is 11.0. The van der Waals surface area contributed by atoms with Gasteiger partial charge in [0.2, 0.25) is 5.95 Å². The minimum Gasteiger partial charge on any atom is -0.494 e. The standard InChI is InChI=1S/C22H19FN4O4S/c1-13-12-14(10-11-16(13)23)32(29,30)27-17-7-4-3-6-15(17)21(28)26-22-24-18-8-5-9-19(31-2)20(18)25-22/h3-12,27H,1-2H3,(H2,24,25,26,28). The number of rotatable bonds is 6. The Bertz CT molecular complexity index is 1430. The van der Waals surface area contributed by atoms with Crippen LogP contribution in [0, 0.1) is 12.7 Å². The summed E-state index contributed by atoms with van der Waals surface area (Å²) in [6.07, 6.45) is 0. The number of benzene rings is 3. The lowest BCUT2D eigenvalue weighted by molar-refractivity contribution is 0.102. The Kier molecular flexibility index (Phi) is 5.54. The van der Waals surface area contributed by atoms with Gasteiger partial charge in [0.15, 0.2) is 0 Å². The van der Waals surface area contributed by atoms with Crippen LogP contribution in [0.2, 0.25) is 0 Å². The molecule has 0 aliphatic carbocycles. The van der Waals surface area contributed by atoms with Gasteiger partial charge in [-0.25, -0.2) is 17.8 Å². The molecule has 0 radical (unpaired) electrons. The van der Waals surface area contributed by atoms with Crippen LogP contribution in [0.1, 0.15) is 15.9 Å². The fourth-order valence-electron chi connectivity index (χ4n) is 3.16. The smallest absolute Gasteiger partial charge is 0.261 e. The van der Waals surface area contributed by atoms with Gasteiger partial charge in [-0.15, -0.1) is 0 Å². The summed E-state index contributed by atoms with van der Waals surface area (Å²) in [7, 11) is -2.53. The van der Waals surface area contributed by atoms with Crippen LogP contribution in [0.25, 0.3) is 11.0 Å². The zero-order valence-electron chi connectivity index (χ0n) is 17.1. The first kappa shape index (κ1) is 21.3. The number of ether oxygens (including phenoxy) is 1. The number of imidazole rings is 1. The molecule has 1 amide bonds. The zero-order chi connectivity index (χ0) is 22.9. The number of H-pyrrole nitrogens is 1. The monoisotopic (exact) mass is 454 g/mol. The third-order valence-corrected chi connectivity index (χ3v) is 6.15. The second-order valence-electron chi connectivity index (χ2n) is 6.96. The van der Waals surface area contributed by atoms with Gasteiger partial charge in [0.1, 0.15) is 17.1 Å². The molecule has 0 spiro atoms. The average Bonchev–Trinajstić information content (AvgIpc) is 3.18. The van der Waals surface area contributed by atoms with Gasteiger partial charge in [0.05, 0.1) is 28.8 Å². The van der Waals surface area contributed by atoms with Crippen molar-refractivity contribution in [3.63, 3.8) is 0 Å². The lowest BCUT2D eigenvalue weighted by Gasteiger charge is -2.12. The van der Waals surface area contributed by atoms with E-state index in [0.717, 1.165) is 12.1 Å². The summed E-state index contributed by atoms with van der Waals surface area (Å²) in [5.41, 5.74) is 1.56. The van der Waals surface area contributed by atoms with Gasteiger partial charge in [-0.3, -0.25) is 14.8 Å². The number of aromatic nitrogens is 2. The molecule has 10 heteroatoms. The predicted molar refractivity (Wildman–Crippen MR) is 119 cm³/mol. The molecule has 4 aromatic rings. The van der Waals surface area contributed by atoms with E-state index in [0.29, 0.717) is 16.8 Å². The van der Waals surface area contributed by atoms with E-state index in [1.54, 1.807) is 30.3 Å². The van der Waals surface area contributed by atoms with E-state index in [1.807, 2.05) is 0 Å². The summed E-state index contributed by atoms with van der Waals surface area (Å²) in [5, 5.41) is 2.64. The highest BCUT2D eigenvalue weighted by Crippen LogP contribution is 2.26. The zero-order valence-corrected chi connectivity index (χ0v) is 18.0. The van der Waals surface area contributed by atoms with Crippen LogP contribution >= 0.6 is 0 Å². The van der Waals surface area contributed by atoms with Gasteiger partial charge in [0, 0.05) is 0 Å². The Balaban J connectivity index is 1.62. The summed E-state index contributed by atoms with van der Waals surface area (Å²) in [5.74, 6) is -0.355. The maximum atomic E-state index is 13.5. The number of anilines is 2. The fourth-order valence-corrected chi connectivity index (χ4v) is 4.33. The lowest BCUT2D eigenvalue weighted by atomic mass is 10.2. The molecule has 3 aromatic carbocycles. The van der Waals surface area contributed by atoms with Crippen molar-refractivity contribution in [2.75, 3.05) is 17.1 Å². The van der Waals surface area contributed by atoms with Crippen molar-refractivity contribution >= 4 is 38.6 Å². The molecular formula is C22H19FN4O4S. The van der Waals surface area contributed by atoms with Gasteiger partial charge in [0.25, 0.3) is 15.9 Å². The van der Waals surface area contributed by atoms with Crippen molar-refractivity contribution in [2.45, 2.75) is 11.8 Å². The number of aryl methyl sites for hydroxylation is 1. The molecule has 0 saturated heterocycles. The molecule has 0 fully saturated rings. The van der Waals surface area contributed by atoms with Crippen LogP contribution in [0.15, 0.2) is 65.6 Å². The van der Waals surface area contributed by atoms with Crippen LogP contribution in [0.5, 0.6) is 5.75 Å². The quantitative estimate of drug-likeness (QED) is 0.406. The maximum Gasteiger partial charge on any atom is 0.261 e. The Morgan fingerprint density at radius 2 is 1.88 bits per heavy atom. The molecule has 0 aliphatic heterocycles. The number of para-hydroxylation sites is 2. The summed E-state index contributed by atoms with van der Waals surface area (Å²) in [6, 6.07) is 14.9. The largest absolute Gasteiger partial charge is 0.494 e. The van der Waals surface area contributed by atoms with Crippen molar-refractivity contribution in [3.8, 4) is 5.75 Å². The molecule has 0 saturated carbocycles. The number of aromatic amines is 1. The summed E-state index contributed by atoms with van der Waals surface area (Å²) in [6.45, 7) is 1.47. The van der Waals surface area contributed by atoms with Crippen molar-refractivity contribution < 1.29 is 22.3 Å². The minimum absolute atomic E-state index is 0.0701. The van der Waals surface area contributed by atoms with Crippen LogP contribution in [0.4, 0.5) is 16.0 Å². The van der Waals surface area contributed by atoms with E-state index in [-0.39, 0.29) is 27.7 Å². The molecule has 32 heavy (non-hydrogen) atoms. The Labute approximate surface area is 183 Å². The Morgan fingerprint density at radius 3 is 2.62 bits per heavy atom. The molecule has 0 bridgehead atoms. The van der Waals surface area contributed by atoms with E-state index in [9.17, 15) is 17.6 Å². The number of fused-ring (bicyclic) bond motifs is 1. The van der Waals surface area contributed by atoms with Crippen molar-refractivity contribution in [3.05, 3.63) is 77.6 Å². The predicted octanol–water partition coefficient (Wildman–Crippen LogP) is 4.07. The Hall–Kier alpha value is -3.92. The third kappa shape index (κ3) is 4.12. The third-order valence-electron chi connectivity index (χ3n) is 4.78. The second-order valence-corrected chi connectivity index (χ2v) is 8.64. The number of carbonyl (C=O) groups excluding carboxylic acids is 1. The number of amides is 1. The van der Waals surface area contributed by atoms with E-state index in [1.165, 1.54) is 32.2 Å². The first-order valence-electron chi connectivity index (χ1n) is 9.50. The molecule has 164 valence electrons. The molecular weight excluding hydrogens is 435 g/mol. The number of methoxy groups -OCH3 is 1. The van der Waals surface area contributed by atoms with Crippen molar-refractivity contribution in [1.29, 1.82) is 0 Å². The summed E-state index contributed by atoms with van der Waals surface area (Å²) in [4.78, 5) is 20.1. The van der Waals surface area contributed by atoms with Gasteiger partial charge < -0.3 is 9.72 Å². The van der Waals surface area contributed by atoms with Crippen molar-refractivity contribution in [1.82, 2.24) is 9.97 Å². The minimum atomic E-state index is -4.05. The van der Waals surface area contributed by atoms with Crippen LogP contribution < -0.4 is 14.8 Å². The number of hydrogen-bond donors (Lipinski definition) is 3. The molecule has 1 heterocycles. The van der Waals surface area contributed by atoms with Crippen LogP contribution in [0.3, 0.4) is 0 Å². The number of nitrogens with zero attached hydrogens (tertiary/aromatic N) is 1. The first-order chi connectivity index (χ1) is 15.3. The van der Waals surface area contributed by atoms with E-state index in [4.69, 9.17) is 4.74 Å². The lowest BCUT2D eigenvalue weighted by Crippen LogP contribution is -2.19. The molecule has 4 rings (SSSR count). The van der Waals surface area contributed by atoms with Crippen LogP contribution in [-0.2, 0) is 10.0 Å². The summed E-state index contributed by atoms with van der Waals surface area (Å²) < 4.78 is 46.8. The van der Waals surface area contributed by atoms with Gasteiger partial charge >= 0.3 is 0 Å². The van der Waals surface area contributed by atoms with E-state index >= 15 is 0 Å². The topological polar surface area (TPSA) is 113 Å². The maximum absolute atomic E-state index is 13.5. The summed E-state index contributed by atoms with van der Waals surface area (Å²) >= 11 is 0. The number of halogens is 1. The van der Waals surface area contributed by atoms with Gasteiger partial charge in [-0.2, -0.15) is 0 Å². The molecule has 3 N–H and O–H groups in total. The highest BCUT2D eigenvalue weighted by atomic mass is 32.2. The number of hydrogen-bond acceptors (Lipinski definition) is 5. The van der Waals surface area contributed by atoms with Crippen LogP contribution in [-0.4, -0.2) is 31.4 Å². The highest BCUT2D eigenvalue weighted by Gasteiger charge is 2.20. The van der Waals surface area contributed by atoms with E-state index < -0.39 is 21.7 Å². The van der Waals surface area contributed by atoms with Gasteiger partial charge in [-0.1, -0.05) is 18.2 Å². The SMILES string of the molecule is COc1cccc2[nH]c(NC(=O)c3ccccc3NS(=O)(=O)c3ccc(F)c(C)c3)nc12. The second kappa shape index (κ2) is 8.31. The Morgan fingerprint density at radius 1 is 1.09 bits per heavy atom. The average molecular weight is 454 g/mol. The molecule has 0 atom stereocenters. The van der Waals surface area contributed by atoms with Crippen molar-refractivity contribution in [2.24, 2.45) is 0 Å². The number of sulfonamides is 1. The highest BCUT2D eigenvalue weighted by molar-refractivity contribution is 7.92. The fraction of sp³-hybridized carbons (Fsp3) is 0.0909. The molecule has 1 aromatic heterocycles. The number of nitrogens with one attached hydrogen (secondary N) is 3. The molecule has 0 unspecified atom stereocenters. The normalized spacial score (nSPS) is 11.3. The van der Waals surface area contributed by atoms with E-state index in [2.05, 4.69) is 20.0 Å². The van der Waals surface area contributed by atoms with Gasteiger partial charge in [-0.05, 0) is 55.0 Å². The molecule has 0 aliphatic rings.